The number of amides is 7. The molecule has 6 N–H and O–H groups in total. The Morgan fingerprint density at radius 2 is 1.55 bits per heavy atom. The second-order valence-electron chi connectivity index (χ2n) is 17.0. The van der Waals surface area contributed by atoms with Gasteiger partial charge in [-0.05, 0) is 72.5 Å². The number of rotatable bonds is 16. The summed E-state index contributed by atoms with van der Waals surface area (Å²) in [6, 6.07) is 23.5. The monoisotopic (exact) mass is 1000 g/mol. The van der Waals surface area contributed by atoms with Crippen LogP contribution in [0.4, 0.5) is 16.2 Å². The number of aromatic amines is 1. The first-order valence-electron chi connectivity index (χ1n) is 22.6. The fourth-order valence-electron chi connectivity index (χ4n) is 8.45. The third-order valence-corrected chi connectivity index (χ3v) is 13.2. The molecule has 8 rings (SSSR count). The Morgan fingerprint density at radius 1 is 0.841 bits per heavy atom. The molecule has 0 bridgehead atoms. The second kappa shape index (κ2) is 21.3. The van der Waals surface area contributed by atoms with Crippen molar-refractivity contribution in [1.29, 1.82) is 0 Å². The van der Waals surface area contributed by atoms with Gasteiger partial charge in [0.2, 0.25) is 11.8 Å². The summed E-state index contributed by atoms with van der Waals surface area (Å²) in [4.78, 5) is 98.8. The van der Waals surface area contributed by atoms with Crippen LogP contribution in [0.2, 0.25) is 0 Å². The van der Waals surface area contributed by atoms with Crippen LogP contribution in [0.25, 0.3) is 27.2 Å². The lowest BCUT2D eigenvalue weighted by Crippen LogP contribution is -2.48. The summed E-state index contributed by atoms with van der Waals surface area (Å²) in [6.45, 7) is 5.24. The number of hydrogen-bond acceptors (Lipinski definition) is 11. The maximum Gasteiger partial charge on any atom is 0.415 e. The van der Waals surface area contributed by atoms with Crippen molar-refractivity contribution in [2.75, 3.05) is 81.6 Å². The highest BCUT2D eigenvalue weighted by atomic mass is 79.9. The number of anilines is 2. The molecule has 4 heterocycles. The topological polar surface area (TPSA) is 229 Å². The largest absolute Gasteiger partial charge is 0.415 e. The van der Waals surface area contributed by atoms with Gasteiger partial charge in [-0.1, -0.05) is 52.3 Å². The standard InChI is InChI=1S/C50H52BrN9O9/c1-30(47(52)56-43(62)16-23-68-24-17-53-42(61)15-18-59-44(63)13-14-45(59)64)31-7-9-32(10-8-31)48(65)54-35-11-12-38-33(25-35)26-39(55-38)49(66)60-29-34(28-51)46-37-6-4-3-5-36(37)41(27-40(46)60)69-50(67)58-21-19-57(2)20-22-58/h3-14,25-27,34,55H,15-24,28-29,52H2,1-2H3,(H,53,61)(H,54,65)(H,56,62)/b47-30+/t34-/m1/s1. The van der Waals surface area contributed by atoms with E-state index in [0.29, 0.717) is 70.0 Å². The highest BCUT2D eigenvalue weighted by molar-refractivity contribution is 9.09. The Kier molecular flexibility index (Phi) is 14.9. The molecule has 5 aromatic rings. The van der Waals surface area contributed by atoms with E-state index < -0.39 is 17.9 Å². The zero-order valence-corrected chi connectivity index (χ0v) is 39.7. The van der Waals surface area contributed by atoms with Crippen LogP contribution >= 0.6 is 15.9 Å². The van der Waals surface area contributed by atoms with Gasteiger partial charge in [-0.2, -0.15) is 0 Å². The minimum Gasteiger partial charge on any atom is -0.409 e. The summed E-state index contributed by atoms with van der Waals surface area (Å²) in [5, 5.41) is 11.3. The average molecular weight is 1000 g/mol. The van der Waals surface area contributed by atoms with Crippen LogP contribution in [0.1, 0.15) is 57.7 Å². The summed E-state index contributed by atoms with van der Waals surface area (Å²) in [7, 11) is 2.02. The number of carbonyl (C=O) groups is 7. The minimum atomic E-state index is -0.446. The van der Waals surface area contributed by atoms with Gasteiger partial charge in [-0.15, -0.1) is 0 Å². The van der Waals surface area contributed by atoms with Crippen molar-refractivity contribution < 1.29 is 43.0 Å². The number of piperazine rings is 1. The van der Waals surface area contributed by atoms with Gasteiger partial charge in [0.25, 0.3) is 23.6 Å². The van der Waals surface area contributed by atoms with Gasteiger partial charge in [0.05, 0.1) is 25.3 Å². The van der Waals surface area contributed by atoms with E-state index in [-0.39, 0.29) is 74.5 Å². The molecule has 4 aromatic carbocycles. The number of H-pyrrole nitrogens is 1. The molecule has 1 aromatic heterocycles. The zero-order chi connectivity index (χ0) is 48.8. The van der Waals surface area contributed by atoms with Crippen LogP contribution in [-0.4, -0.2) is 133 Å². The highest BCUT2D eigenvalue weighted by Crippen LogP contribution is 2.46. The Morgan fingerprint density at radius 3 is 2.28 bits per heavy atom. The number of hydrogen-bond donors (Lipinski definition) is 5. The average Bonchev–Trinajstić information content (AvgIpc) is 4.05. The van der Waals surface area contributed by atoms with Crippen LogP contribution < -0.4 is 31.3 Å². The number of benzene rings is 4. The van der Waals surface area contributed by atoms with Crippen molar-refractivity contribution in [1.82, 2.24) is 30.3 Å². The van der Waals surface area contributed by atoms with Crippen LogP contribution in [0, 0.1) is 0 Å². The summed E-state index contributed by atoms with van der Waals surface area (Å²) < 4.78 is 11.5. The Bertz CT molecular complexity index is 2890. The van der Waals surface area contributed by atoms with Gasteiger partial charge < -0.3 is 50.8 Å². The van der Waals surface area contributed by atoms with E-state index in [1.54, 1.807) is 65.3 Å². The first-order valence-corrected chi connectivity index (χ1v) is 23.7. The van der Waals surface area contributed by atoms with Crippen molar-refractivity contribution in [3.8, 4) is 5.75 Å². The molecule has 3 aliphatic heterocycles. The van der Waals surface area contributed by atoms with E-state index in [9.17, 15) is 33.6 Å². The molecule has 69 heavy (non-hydrogen) atoms. The molecule has 3 aliphatic rings. The van der Waals surface area contributed by atoms with E-state index >= 15 is 0 Å². The van der Waals surface area contributed by atoms with Crippen molar-refractivity contribution in [2.45, 2.75) is 25.7 Å². The molecule has 358 valence electrons. The summed E-state index contributed by atoms with van der Waals surface area (Å²) >= 11 is 3.68. The molecule has 0 unspecified atom stereocenters. The van der Waals surface area contributed by atoms with Gasteiger partial charge in [-0.3, -0.25) is 33.7 Å². The van der Waals surface area contributed by atoms with E-state index in [2.05, 4.69) is 41.8 Å². The Hall–Kier alpha value is -7.35. The number of fused-ring (bicyclic) bond motifs is 4. The number of nitrogens with zero attached hydrogens (tertiary/aromatic N) is 4. The van der Waals surface area contributed by atoms with E-state index in [4.69, 9.17) is 15.2 Å². The molecule has 0 aliphatic carbocycles. The zero-order valence-electron chi connectivity index (χ0n) is 38.1. The smallest absolute Gasteiger partial charge is 0.409 e. The first kappa shape index (κ1) is 48.1. The molecule has 1 saturated heterocycles. The predicted octanol–water partition coefficient (Wildman–Crippen LogP) is 5.06. The van der Waals surface area contributed by atoms with Crippen molar-refractivity contribution in [3.05, 3.63) is 119 Å². The van der Waals surface area contributed by atoms with Gasteiger partial charge >= 0.3 is 6.09 Å². The van der Waals surface area contributed by atoms with Crippen LogP contribution in [-0.2, 0) is 23.9 Å². The Balaban J connectivity index is 0.844. The van der Waals surface area contributed by atoms with Gasteiger partial charge in [0, 0.05) is 109 Å². The maximum absolute atomic E-state index is 14.4. The lowest BCUT2D eigenvalue weighted by atomic mass is 9.95. The number of nitrogens with one attached hydrogen (secondary N) is 4. The number of aromatic nitrogens is 1. The van der Waals surface area contributed by atoms with Crippen molar-refractivity contribution in [3.63, 3.8) is 0 Å². The second-order valence-corrected chi connectivity index (χ2v) is 17.7. The summed E-state index contributed by atoms with van der Waals surface area (Å²) in [6.07, 6.45) is 1.89. The fourth-order valence-corrected chi connectivity index (χ4v) is 8.98. The number of allylic oxidation sites excluding steroid dienone is 1. The number of alkyl halides is 1. The lowest BCUT2D eigenvalue weighted by Gasteiger charge is -2.31. The van der Waals surface area contributed by atoms with Crippen molar-refractivity contribution in [2.24, 2.45) is 5.73 Å². The van der Waals surface area contributed by atoms with Gasteiger partial charge in [-0.25, -0.2) is 4.79 Å². The number of likely N-dealkylation sites (N-methyl/N-ethyl adjacent to an activating group) is 1. The van der Waals surface area contributed by atoms with Gasteiger partial charge in [0.1, 0.15) is 17.3 Å². The lowest BCUT2D eigenvalue weighted by molar-refractivity contribution is -0.137. The fraction of sp³-hybridized carbons (Fsp3) is 0.300. The molecule has 1 fully saturated rings. The molecule has 18 nitrogen and oxygen atoms in total. The Labute approximate surface area is 405 Å². The predicted molar refractivity (Wildman–Crippen MR) is 264 cm³/mol. The first-order chi connectivity index (χ1) is 33.3. The van der Waals surface area contributed by atoms with E-state index in [1.807, 2.05) is 37.4 Å². The SMILES string of the molecule is C/C(=C(/N)NC(=O)CCOCCNC(=O)CCN1C(=O)C=CC1=O)c1ccc(C(=O)Nc2ccc3[nH]c(C(=O)N4C[C@@H](CBr)c5c4cc(OC(=O)N4CCN(C)CC4)c4ccccc54)cc3c2)cc1. The summed E-state index contributed by atoms with van der Waals surface area (Å²) in [5.41, 5.74) is 11.2. The number of ether oxygens (including phenoxy) is 2. The van der Waals surface area contributed by atoms with E-state index in [1.165, 1.54) is 0 Å². The van der Waals surface area contributed by atoms with Crippen LogP contribution in [0.15, 0.2) is 96.8 Å². The summed E-state index contributed by atoms with van der Waals surface area (Å²) in [5.74, 6) is -1.66. The quantitative estimate of drug-likeness (QED) is 0.0499. The third-order valence-electron chi connectivity index (χ3n) is 12.4. The molecular formula is C50H52BrN9O9. The van der Waals surface area contributed by atoms with E-state index in [0.717, 1.165) is 51.9 Å². The molecule has 19 heteroatoms. The molecular weight excluding hydrogens is 951 g/mol. The van der Waals surface area contributed by atoms with Crippen LogP contribution in [0.3, 0.4) is 0 Å². The molecule has 0 spiro atoms. The molecule has 0 saturated carbocycles. The highest BCUT2D eigenvalue weighted by Gasteiger charge is 2.36. The van der Waals surface area contributed by atoms with Crippen molar-refractivity contribution >= 4 is 96.1 Å². The number of imide groups is 1. The number of halogens is 1. The van der Waals surface area contributed by atoms with Crippen LogP contribution in [0.5, 0.6) is 5.75 Å². The molecule has 7 amide bonds. The molecule has 1 atom stereocenters. The van der Waals surface area contributed by atoms with Gasteiger partial charge in [0.15, 0.2) is 0 Å². The molecule has 0 radical (unpaired) electrons. The number of nitrogens with two attached hydrogens (primary N) is 1. The maximum atomic E-state index is 14.4. The normalized spacial score (nSPS) is 16.2. The number of carbonyl (C=O) groups excluding carboxylic acids is 7. The minimum absolute atomic E-state index is 0.00543. The third kappa shape index (κ3) is 11.0.